The average Bonchev–Trinajstić information content (AvgIpc) is 2.55. The van der Waals surface area contributed by atoms with Crippen LogP contribution in [0.5, 0.6) is 0 Å². The first-order valence-electron chi connectivity index (χ1n) is 6.89. The van der Waals surface area contributed by atoms with Crippen LogP contribution in [-0.4, -0.2) is 25.4 Å². The summed E-state index contributed by atoms with van der Waals surface area (Å²) in [7, 11) is 1.69. The maximum absolute atomic E-state index is 12.1. The monoisotopic (exact) mass is 360 g/mol. The van der Waals surface area contributed by atoms with E-state index in [9.17, 15) is 9.59 Å². The number of halogens is 1. The predicted octanol–water partition coefficient (Wildman–Crippen LogP) is 2.77. The Kier molecular flexibility index (Phi) is 5.72. The van der Waals surface area contributed by atoms with Crippen LogP contribution >= 0.6 is 15.9 Å². The fraction of sp³-hybridized carbons (Fsp3) is 0.176. The molecule has 0 bridgehead atoms. The summed E-state index contributed by atoms with van der Waals surface area (Å²) in [6.45, 7) is -0.0131. The summed E-state index contributed by atoms with van der Waals surface area (Å²) in [6, 6.07) is 16.8. The van der Waals surface area contributed by atoms with E-state index in [1.54, 1.807) is 7.05 Å². The molecule has 0 radical (unpaired) electrons. The van der Waals surface area contributed by atoms with Crippen LogP contribution < -0.4 is 10.2 Å². The molecule has 2 amide bonds. The predicted molar refractivity (Wildman–Crippen MR) is 90.7 cm³/mol. The molecule has 0 aliphatic carbocycles. The minimum Gasteiger partial charge on any atom is -0.347 e. The van der Waals surface area contributed by atoms with E-state index in [-0.39, 0.29) is 24.8 Å². The summed E-state index contributed by atoms with van der Waals surface area (Å²) in [5.74, 6) is -0.326. The maximum atomic E-state index is 12.1. The van der Waals surface area contributed by atoms with Gasteiger partial charge < -0.3 is 10.2 Å². The number of nitrogens with one attached hydrogen (secondary N) is 1. The second kappa shape index (κ2) is 7.75. The fourth-order valence-corrected chi connectivity index (χ4v) is 2.20. The lowest BCUT2D eigenvalue weighted by atomic mass is 10.1. The molecular formula is C17H17BrN2O2. The van der Waals surface area contributed by atoms with E-state index in [1.165, 1.54) is 4.90 Å². The number of hydrogen-bond donors (Lipinski definition) is 1. The molecule has 2 rings (SSSR count). The molecule has 0 spiro atoms. The van der Waals surface area contributed by atoms with Crippen LogP contribution in [0.3, 0.4) is 0 Å². The highest BCUT2D eigenvalue weighted by Gasteiger charge is 2.12. The number of rotatable bonds is 5. The van der Waals surface area contributed by atoms with Crippen LogP contribution in [0.2, 0.25) is 0 Å². The van der Waals surface area contributed by atoms with Gasteiger partial charge in [-0.1, -0.05) is 46.3 Å². The van der Waals surface area contributed by atoms with Crippen molar-refractivity contribution in [2.24, 2.45) is 0 Å². The Labute approximate surface area is 138 Å². The Bertz CT molecular complexity index is 641. The summed E-state index contributed by atoms with van der Waals surface area (Å²) in [5.41, 5.74) is 1.71. The van der Waals surface area contributed by atoms with E-state index < -0.39 is 0 Å². The van der Waals surface area contributed by atoms with Crippen molar-refractivity contribution in [3.63, 3.8) is 0 Å². The molecule has 0 saturated heterocycles. The van der Waals surface area contributed by atoms with Crippen molar-refractivity contribution in [2.75, 3.05) is 18.5 Å². The molecule has 0 saturated carbocycles. The zero-order chi connectivity index (χ0) is 15.9. The van der Waals surface area contributed by atoms with Gasteiger partial charge in [-0.25, -0.2) is 0 Å². The quantitative estimate of drug-likeness (QED) is 0.891. The minimum absolute atomic E-state index is 0.0131. The summed E-state index contributed by atoms with van der Waals surface area (Å²) in [4.78, 5) is 25.4. The second-order valence-corrected chi connectivity index (χ2v) is 5.78. The zero-order valence-electron chi connectivity index (χ0n) is 12.3. The smallest absolute Gasteiger partial charge is 0.246 e. The van der Waals surface area contributed by atoms with Crippen molar-refractivity contribution in [3.8, 4) is 0 Å². The van der Waals surface area contributed by atoms with Crippen molar-refractivity contribution < 1.29 is 9.59 Å². The normalized spacial score (nSPS) is 10.1. The van der Waals surface area contributed by atoms with Crippen LogP contribution in [-0.2, 0) is 16.0 Å². The first-order valence-corrected chi connectivity index (χ1v) is 7.68. The number of carbonyl (C=O) groups excluding carboxylic acids is 2. The molecule has 1 N–H and O–H groups in total. The number of amides is 2. The Morgan fingerprint density at radius 2 is 1.68 bits per heavy atom. The summed E-state index contributed by atoms with van der Waals surface area (Å²) in [5, 5.41) is 2.65. The Balaban J connectivity index is 1.83. The van der Waals surface area contributed by atoms with Crippen LogP contribution in [0.1, 0.15) is 5.56 Å². The Morgan fingerprint density at radius 3 is 2.32 bits per heavy atom. The van der Waals surface area contributed by atoms with Crippen molar-refractivity contribution in [1.82, 2.24) is 5.32 Å². The lowest BCUT2D eigenvalue weighted by Gasteiger charge is -2.17. The van der Waals surface area contributed by atoms with Crippen LogP contribution in [0.15, 0.2) is 59.1 Å². The number of likely N-dealkylation sites (N-methyl/N-ethyl adjacent to an activating group) is 1. The number of carbonyl (C=O) groups is 2. The van der Waals surface area contributed by atoms with E-state index in [1.807, 2.05) is 54.6 Å². The van der Waals surface area contributed by atoms with Crippen molar-refractivity contribution in [1.29, 1.82) is 0 Å². The zero-order valence-corrected chi connectivity index (χ0v) is 13.8. The van der Waals surface area contributed by atoms with Gasteiger partial charge in [-0.3, -0.25) is 9.59 Å². The first kappa shape index (κ1) is 16.2. The molecule has 4 nitrogen and oxygen atoms in total. The first-order chi connectivity index (χ1) is 10.6. The van der Waals surface area contributed by atoms with Gasteiger partial charge in [0.2, 0.25) is 11.8 Å². The van der Waals surface area contributed by atoms with Crippen LogP contribution in [0, 0.1) is 0 Å². The highest BCUT2D eigenvalue weighted by molar-refractivity contribution is 9.10. The van der Waals surface area contributed by atoms with Gasteiger partial charge in [0, 0.05) is 17.2 Å². The third kappa shape index (κ3) is 4.70. The summed E-state index contributed by atoms with van der Waals surface area (Å²) >= 11 is 3.35. The molecule has 0 aliphatic heterocycles. The average molecular weight is 361 g/mol. The molecule has 0 atom stereocenters. The molecule has 2 aromatic carbocycles. The molecule has 0 unspecified atom stereocenters. The fourth-order valence-electron chi connectivity index (χ4n) is 1.94. The highest BCUT2D eigenvalue weighted by Crippen LogP contribution is 2.11. The number of hydrogen-bond acceptors (Lipinski definition) is 2. The molecule has 0 heterocycles. The van der Waals surface area contributed by atoms with Gasteiger partial charge in [-0.05, 0) is 29.8 Å². The largest absolute Gasteiger partial charge is 0.347 e. The van der Waals surface area contributed by atoms with Gasteiger partial charge >= 0.3 is 0 Å². The van der Waals surface area contributed by atoms with Gasteiger partial charge in [-0.2, -0.15) is 0 Å². The highest BCUT2D eigenvalue weighted by atomic mass is 79.9. The third-order valence-corrected chi connectivity index (χ3v) is 3.76. The van der Waals surface area contributed by atoms with Gasteiger partial charge in [0.1, 0.15) is 0 Å². The molecule has 5 heteroatoms. The standard InChI is InChI=1S/C17H17BrN2O2/c1-20(15-5-3-2-4-6-15)17(22)12-19-16(21)11-13-7-9-14(18)10-8-13/h2-10H,11-12H2,1H3,(H,19,21). The Hall–Kier alpha value is -2.14. The van der Waals surface area contributed by atoms with E-state index in [0.29, 0.717) is 0 Å². The Morgan fingerprint density at radius 1 is 1.05 bits per heavy atom. The van der Waals surface area contributed by atoms with Gasteiger partial charge in [0.15, 0.2) is 0 Å². The second-order valence-electron chi connectivity index (χ2n) is 4.87. The van der Waals surface area contributed by atoms with E-state index in [4.69, 9.17) is 0 Å². The van der Waals surface area contributed by atoms with Gasteiger partial charge in [0.05, 0.1) is 13.0 Å². The van der Waals surface area contributed by atoms with E-state index in [0.717, 1.165) is 15.7 Å². The van der Waals surface area contributed by atoms with E-state index >= 15 is 0 Å². The molecule has 0 aromatic heterocycles. The molecular weight excluding hydrogens is 344 g/mol. The van der Waals surface area contributed by atoms with Gasteiger partial charge in [-0.15, -0.1) is 0 Å². The lowest BCUT2D eigenvalue weighted by Crippen LogP contribution is -2.38. The number of nitrogens with zero attached hydrogens (tertiary/aromatic N) is 1. The number of benzene rings is 2. The molecule has 0 fully saturated rings. The van der Waals surface area contributed by atoms with Crippen molar-refractivity contribution in [3.05, 3.63) is 64.6 Å². The number of para-hydroxylation sites is 1. The molecule has 0 aliphatic rings. The molecule has 2 aromatic rings. The third-order valence-electron chi connectivity index (χ3n) is 3.23. The van der Waals surface area contributed by atoms with Crippen LogP contribution in [0.4, 0.5) is 5.69 Å². The summed E-state index contributed by atoms with van der Waals surface area (Å²) in [6.07, 6.45) is 0.260. The maximum Gasteiger partial charge on any atom is 0.246 e. The summed E-state index contributed by atoms with van der Waals surface area (Å²) < 4.78 is 0.969. The van der Waals surface area contributed by atoms with Gasteiger partial charge in [0.25, 0.3) is 0 Å². The molecule has 114 valence electrons. The van der Waals surface area contributed by atoms with E-state index in [2.05, 4.69) is 21.2 Å². The lowest BCUT2D eigenvalue weighted by molar-refractivity contribution is -0.124. The molecule has 22 heavy (non-hydrogen) atoms. The van der Waals surface area contributed by atoms with Crippen molar-refractivity contribution in [2.45, 2.75) is 6.42 Å². The van der Waals surface area contributed by atoms with Crippen LogP contribution in [0.25, 0.3) is 0 Å². The SMILES string of the molecule is CN(C(=O)CNC(=O)Cc1ccc(Br)cc1)c1ccccc1. The van der Waals surface area contributed by atoms with Crippen molar-refractivity contribution >= 4 is 33.4 Å². The topological polar surface area (TPSA) is 49.4 Å². The number of anilines is 1. The minimum atomic E-state index is -0.169.